The highest BCUT2D eigenvalue weighted by Crippen LogP contribution is 2.42. The Morgan fingerprint density at radius 1 is 1.12 bits per heavy atom. The first kappa shape index (κ1) is 13.7. The second-order valence-corrected chi connectivity index (χ2v) is 7.28. The second-order valence-electron chi connectivity index (χ2n) is 3.64. The Labute approximate surface area is 128 Å². The van der Waals surface area contributed by atoms with Gasteiger partial charge in [-0.15, -0.1) is 11.3 Å². The molecule has 0 radical (unpaired) electrons. The van der Waals surface area contributed by atoms with Crippen LogP contribution < -0.4 is 0 Å². The summed E-state index contributed by atoms with van der Waals surface area (Å²) in [7, 11) is 0. The molecule has 1 atom stereocenters. The van der Waals surface area contributed by atoms with Crippen molar-refractivity contribution >= 4 is 62.1 Å². The van der Waals surface area contributed by atoms with Crippen LogP contribution in [0.3, 0.4) is 0 Å². The van der Waals surface area contributed by atoms with Gasteiger partial charge in [-0.2, -0.15) is 0 Å². The molecule has 1 heterocycles. The molecule has 0 saturated carbocycles. The second kappa shape index (κ2) is 5.50. The van der Waals surface area contributed by atoms with Crippen LogP contribution in [0.25, 0.3) is 0 Å². The lowest BCUT2D eigenvalue weighted by molar-refractivity contribution is 1.16. The third kappa shape index (κ3) is 2.99. The van der Waals surface area contributed by atoms with Crippen LogP contribution >= 0.6 is 62.1 Å². The molecule has 90 valence electrons. The molecule has 2 rings (SSSR count). The van der Waals surface area contributed by atoms with Crippen molar-refractivity contribution in [2.45, 2.75) is 11.8 Å². The average molecular weight is 371 g/mol. The Kier molecular flexibility index (Phi) is 4.43. The average Bonchev–Trinajstić information content (AvgIpc) is 2.60. The maximum Gasteiger partial charge on any atom is 0.0990 e. The summed E-state index contributed by atoms with van der Waals surface area (Å²) in [6, 6.07) is 7.70. The van der Waals surface area contributed by atoms with Crippen LogP contribution in [0.4, 0.5) is 0 Å². The van der Waals surface area contributed by atoms with E-state index in [0.29, 0.717) is 13.7 Å². The SMILES string of the molecule is Cc1ccc(Cl)cc1C(Br)c1cc(Cl)sc1Cl. The zero-order chi connectivity index (χ0) is 12.6. The molecule has 0 aliphatic carbocycles. The summed E-state index contributed by atoms with van der Waals surface area (Å²) in [5.41, 5.74) is 3.25. The van der Waals surface area contributed by atoms with Gasteiger partial charge in [0, 0.05) is 10.6 Å². The highest BCUT2D eigenvalue weighted by atomic mass is 79.9. The Balaban J connectivity index is 2.46. The van der Waals surface area contributed by atoms with Gasteiger partial charge in [0.1, 0.15) is 0 Å². The lowest BCUT2D eigenvalue weighted by Gasteiger charge is -2.13. The van der Waals surface area contributed by atoms with E-state index in [-0.39, 0.29) is 4.83 Å². The number of aryl methyl sites for hydroxylation is 1. The molecule has 0 N–H and O–H groups in total. The van der Waals surface area contributed by atoms with Gasteiger partial charge in [-0.1, -0.05) is 56.8 Å². The van der Waals surface area contributed by atoms with E-state index in [1.165, 1.54) is 11.3 Å². The summed E-state index contributed by atoms with van der Waals surface area (Å²) in [5, 5.41) is 0.715. The van der Waals surface area contributed by atoms with Crippen molar-refractivity contribution in [3.8, 4) is 0 Å². The molecule has 0 spiro atoms. The highest BCUT2D eigenvalue weighted by molar-refractivity contribution is 9.09. The van der Waals surface area contributed by atoms with Gasteiger partial charge in [0.15, 0.2) is 0 Å². The van der Waals surface area contributed by atoms with E-state index in [2.05, 4.69) is 15.9 Å². The van der Waals surface area contributed by atoms with Crippen molar-refractivity contribution in [3.63, 3.8) is 0 Å². The molecule has 0 aliphatic heterocycles. The van der Waals surface area contributed by atoms with Crippen molar-refractivity contribution in [1.82, 2.24) is 0 Å². The summed E-state index contributed by atoms with van der Waals surface area (Å²) >= 11 is 23.1. The maximum atomic E-state index is 6.15. The first-order valence-corrected chi connectivity index (χ1v) is 7.70. The molecule has 0 fully saturated rings. The van der Waals surface area contributed by atoms with E-state index < -0.39 is 0 Å². The van der Waals surface area contributed by atoms with Crippen molar-refractivity contribution < 1.29 is 0 Å². The van der Waals surface area contributed by atoms with E-state index in [0.717, 1.165) is 16.7 Å². The first-order valence-electron chi connectivity index (χ1n) is 4.84. The molecule has 17 heavy (non-hydrogen) atoms. The van der Waals surface area contributed by atoms with Crippen LogP contribution in [-0.2, 0) is 0 Å². The molecule has 0 nitrogen and oxygen atoms in total. The van der Waals surface area contributed by atoms with Gasteiger partial charge in [-0.25, -0.2) is 0 Å². The lowest BCUT2D eigenvalue weighted by Crippen LogP contribution is -1.94. The molecular formula is C12H8BrCl3S. The minimum Gasteiger partial charge on any atom is -0.111 e. The number of thiophene rings is 1. The standard InChI is InChI=1S/C12H8BrCl3S/c1-6-2-3-7(14)4-8(6)11(13)9-5-10(15)17-12(9)16/h2-5,11H,1H3. The Bertz CT molecular complexity index is 551. The Morgan fingerprint density at radius 3 is 2.41 bits per heavy atom. The molecule has 2 aromatic rings. The zero-order valence-electron chi connectivity index (χ0n) is 8.81. The number of benzene rings is 1. The summed E-state index contributed by atoms with van der Waals surface area (Å²) in [5.74, 6) is 0. The molecule has 1 unspecified atom stereocenters. The molecule has 5 heteroatoms. The third-order valence-electron chi connectivity index (χ3n) is 2.47. The number of alkyl halides is 1. The van der Waals surface area contributed by atoms with Crippen LogP contribution in [-0.4, -0.2) is 0 Å². The lowest BCUT2D eigenvalue weighted by atomic mass is 10.0. The van der Waals surface area contributed by atoms with E-state index in [9.17, 15) is 0 Å². The largest absolute Gasteiger partial charge is 0.111 e. The van der Waals surface area contributed by atoms with Crippen molar-refractivity contribution in [2.75, 3.05) is 0 Å². The van der Waals surface area contributed by atoms with Crippen molar-refractivity contribution in [1.29, 1.82) is 0 Å². The minimum absolute atomic E-state index is 0.0115. The molecule has 0 saturated heterocycles. The highest BCUT2D eigenvalue weighted by Gasteiger charge is 2.18. The van der Waals surface area contributed by atoms with Gasteiger partial charge in [0.05, 0.1) is 13.5 Å². The molecule has 1 aromatic carbocycles. The van der Waals surface area contributed by atoms with Gasteiger partial charge in [0.25, 0.3) is 0 Å². The van der Waals surface area contributed by atoms with Gasteiger partial charge in [-0.3, -0.25) is 0 Å². The van der Waals surface area contributed by atoms with Gasteiger partial charge in [-0.05, 0) is 36.2 Å². The van der Waals surface area contributed by atoms with E-state index >= 15 is 0 Å². The minimum atomic E-state index is 0.0115. The molecule has 1 aromatic heterocycles. The maximum absolute atomic E-state index is 6.15. The molecule has 0 aliphatic rings. The van der Waals surface area contributed by atoms with E-state index in [4.69, 9.17) is 34.8 Å². The molecular weight excluding hydrogens is 362 g/mol. The predicted octanol–water partition coefficient (Wildman–Crippen LogP) is 6.50. The number of hydrogen-bond donors (Lipinski definition) is 0. The van der Waals surface area contributed by atoms with Gasteiger partial charge < -0.3 is 0 Å². The first-order chi connectivity index (χ1) is 7.99. The number of rotatable bonds is 2. The van der Waals surface area contributed by atoms with Crippen LogP contribution in [0.1, 0.15) is 21.5 Å². The van der Waals surface area contributed by atoms with Crippen LogP contribution in [0, 0.1) is 6.92 Å². The fourth-order valence-electron chi connectivity index (χ4n) is 1.58. The topological polar surface area (TPSA) is 0 Å². The summed E-state index contributed by atoms with van der Waals surface area (Å²) in [6.45, 7) is 2.04. The van der Waals surface area contributed by atoms with Crippen molar-refractivity contribution in [3.05, 3.63) is 54.7 Å². The van der Waals surface area contributed by atoms with E-state index in [1.54, 1.807) is 0 Å². The normalized spacial score (nSPS) is 12.8. The predicted molar refractivity (Wildman–Crippen MR) is 81.3 cm³/mol. The van der Waals surface area contributed by atoms with Crippen LogP contribution in [0.15, 0.2) is 24.3 Å². The van der Waals surface area contributed by atoms with Crippen molar-refractivity contribution in [2.24, 2.45) is 0 Å². The molecule has 0 bridgehead atoms. The fraction of sp³-hybridized carbons (Fsp3) is 0.167. The van der Waals surface area contributed by atoms with Crippen LogP contribution in [0.2, 0.25) is 13.7 Å². The van der Waals surface area contributed by atoms with E-state index in [1.807, 2.05) is 31.2 Å². The third-order valence-corrected chi connectivity index (χ3v) is 5.21. The Morgan fingerprint density at radius 2 is 1.82 bits per heavy atom. The Hall–Kier alpha value is 0.270. The summed E-state index contributed by atoms with van der Waals surface area (Å²) in [6.07, 6.45) is 0. The number of halogens is 4. The zero-order valence-corrected chi connectivity index (χ0v) is 13.5. The summed E-state index contributed by atoms with van der Waals surface area (Å²) in [4.78, 5) is 0.0115. The quantitative estimate of drug-likeness (QED) is 0.529. The number of hydrogen-bond acceptors (Lipinski definition) is 1. The molecule has 0 amide bonds. The smallest absolute Gasteiger partial charge is 0.0990 e. The van der Waals surface area contributed by atoms with Gasteiger partial charge >= 0.3 is 0 Å². The summed E-state index contributed by atoms with van der Waals surface area (Å²) < 4.78 is 1.39. The fourth-order valence-corrected chi connectivity index (χ4v) is 4.43. The monoisotopic (exact) mass is 368 g/mol. The van der Waals surface area contributed by atoms with Gasteiger partial charge in [0.2, 0.25) is 0 Å². The van der Waals surface area contributed by atoms with Crippen LogP contribution in [0.5, 0.6) is 0 Å².